The molecule has 35 heavy (non-hydrogen) atoms. The standard InChI is InChI=1S/C21H19ClN8O5/c22-15-4-2-5-16(12-15)27-7-9-28(10-8-27)20-18(30(34)35)19(23-13-24-20)25-26-21(31)14-3-1-6-17(11-14)29(32)33/h1-6,11-13H,7-10H2,(H,26,31)(H,23,24,25). The molecule has 2 aromatic carbocycles. The highest BCUT2D eigenvalue weighted by Gasteiger charge is 2.29. The van der Waals surface area contributed by atoms with Gasteiger partial charge in [0.1, 0.15) is 6.33 Å². The molecule has 0 unspecified atom stereocenters. The molecular weight excluding hydrogens is 480 g/mol. The monoisotopic (exact) mass is 498 g/mol. The van der Waals surface area contributed by atoms with E-state index in [9.17, 15) is 25.0 Å². The summed E-state index contributed by atoms with van der Waals surface area (Å²) in [5.74, 6) is -0.822. The van der Waals surface area contributed by atoms with Crippen LogP contribution >= 0.6 is 11.6 Å². The number of nitro groups is 2. The van der Waals surface area contributed by atoms with Gasteiger partial charge >= 0.3 is 5.69 Å². The Kier molecular flexibility index (Phi) is 6.87. The molecule has 2 heterocycles. The number of aromatic nitrogens is 2. The maximum Gasteiger partial charge on any atom is 0.355 e. The normalized spacial score (nSPS) is 13.3. The molecule has 1 aliphatic rings. The second kappa shape index (κ2) is 10.2. The average Bonchev–Trinajstić information content (AvgIpc) is 2.87. The Hall–Kier alpha value is -4.52. The fraction of sp³-hybridized carbons (Fsp3) is 0.190. The van der Waals surface area contributed by atoms with Gasteiger partial charge in [-0.1, -0.05) is 23.7 Å². The van der Waals surface area contributed by atoms with Crippen molar-refractivity contribution in [3.63, 3.8) is 0 Å². The third-order valence-corrected chi connectivity index (χ3v) is 5.59. The van der Waals surface area contributed by atoms with E-state index < -0.39 is 21.4 Å². The van der Waals surface area contributed by atoms with Crippen LogP contribution < -0.4 is 20.7 Å². The van der Waals surface area contributed by atoms with Gasteiger partial charge in [0, 0.05) is 54.6 Å². The van der Waals surface area contributed by atoms with Crippen LogP contribution in [0.2, 0.25) is 5.02 Å². The zero-order chi connectivity index (χ0) is 24.9. The van der Waals surface area contributed by atoms with Crippen molar-refractivity contribution in [1.29, 1.82) is 0 Å². The zero-order valence-corrected chi connectivity index (χ0v) is 18.9. The first-order valence-corrected chi connectivity index (χ1v) is 10.8. The summed E-state index contributed by atoms with van der Waals surface area (Å²) in [4.78, 5) is 45.9. The minimum atomic E-state index is -0.724. The highest BCUT2D eigenvalue weighted by molar-refractivity contribution is 6.30. The third-order valence-electron chi connectivity index (χ3n) is 5.35. The Labute approximate surface area is 203 Å². The van der Waals surface area contributed by atoms with Crippen molar-refractivity contribution in [2.24, 2.45) is 0 Å². The molecule has 4 rings (SSSR count). The summed E-state index contributed by atoms with van der Waals surface area (Å²) in [5.41, 5.74) is 5.04. The summed E-state index contributed by atoms with van der Waals surface area (Å²) in [6, 6.07) is 12.5. The summed E-state index contributed by atoms with van der Waals surface area (Å²) in [6.07, 6.45) is 1.16. The molecule has 1 fully saturated rings. The highest BCUT2D eigenvalue weighted by atomic mass is 35.5. The van der Waals surface area contributed by atoms with Crippen LogP contribution in [0.25, 0.3) is 0 Å². The number of nitrogens with one attached hydrogen (secondary N) is 2. The number of hydrazine groups is 1. The second-order valence-electron chi connectivity index (χ2n) is 7.49. The molecule has 0 radical (unpaired) electrons. The van der Waals surface area contributed by atoms with E-state index in [0.717, 1.165) is 18.1 Å². The van der Waals surface area contributed by atoms with Gasteiger partial charge in [0.05, 0.1) is 9.85 Å². The minimum Gasteiger partial charge on any atom is -0.368 e. The number of carbonyl (C=O) groups is 1. The van der Waals surface area contributed by atoms with E-state index in [1.54, 1.807) is 11.0 Å². The summed E-state index contributed by atoms with van der Waals surface area (Å²) in [6.45, 7) is 2.11. The molecule has 1 amide bonds. The van der Waals surface area contributed by atoms with Crippen LogP contribution in [0.15, 0.2) is 54.9 Å². The van der Waals surface area contributed by atoms with Crippen LogP contribution in [-0.2, 0) is 0 Å². The zero-order valence-electron chi connectivity index (χ0n) is 18.1. The molecule has 0 saturated carbocycles. The van der Waals surface area contributed by atoms with Crippen molar-refractivity contribution >= 4 is 46.2 Å². The topological polar surface area (TPSA) is 160 Å². The average molecular weight is 499 g/mol. The van der Waals surface area contributed by atoms with Crippen LogP contribution in [0.3, 0.4) is 0 Å². The lowest BCUT2D eigenvalue weighted by Gasteiger charge is -2.36. The molecule has 180 valence electrons. The largest absolute Gasteiger partial charge is 0.368 e. The maximum atomic E-state index is 12.4. The molecule has 1 aromatic heterocycles. The summed E-state index contributed by atoms with van der Waals surface area (Å²) >= 11 is 6.08. The number of hydrogen-bond donors (Lipinski definition) is 2. The van der Waals surface area contributed by atoms with Crippen LogP contribution in [0.1, 0.15) is 10.4 Å². The number of anilines is 3. The first kappa shape index (κ1) is 23.6. The maximum absolute atomic E-state index is 12.4. The van der Waals surface area contributed by atoms with Crippen LogP contribution in [0, 0.1) is 20.2 Å². The second-order valence-corrected chi connectivity index (χ2v) is 7.93. The van der Waals surface area contributed by atoms with Gasteiger partial charge in [-0.15, -0.1) is 0 Å². The summed E-state index contributed by atoms with van der Waals surface area (Å²) < 4.78 is 0. The van der Waals surface area contributed by atoms with Gasteiger partial charge in [0.2, 0.25) is 11.6 Å². The van der Waals surface area contributed by atoms with Crippen molar-refractivity contribution in [2.45, 2.75) is 0 Å². The lowest BCUT2D eigenvalue weighted by atomic mass is 10.2. The molecule has 2 N–H and O–H groups in total. The number of rotatable bonds is 7. The number of benzene rings is 2. The van der Waals surface area contributed by atoms with Crippen molar-refractivity contribution in [3.8, 4) is 0 Å². The van der Waals surface area contributed by atoms with Gasteiger partial charge < -0.3 is 9.80 Å². The summed E-state index contributed by atoms with van der Waals surface area (Å²) in [5, 5.41) is 23.4. The van der Waals surface area contributed by atoms with E-state index in [2.05, 4.69) is 25.7 Å². The smallest absolute Gasteiger partial charge is 0.355 e. The van der Waals surface area contributed by atoms with E-state index >= 15 is 0 Å². The number of halogens is 1. The molecular formula is C21H19ClN8O5. The third kappa shape index (κ3) is 5.35. The Morgan fingerprint density at radius 2 is 1.66 bits per heavy atom. The van der Waals surface area contributed by atoms with E-state index in [1.807, 2.05) is 18.2 Å². The lowest BCUT2D eigenvalue weighted by molar-refractivity contribution is -0.384. The molecule has 1 aliphatic heterocycles. The Morgan fingerprint density at radius 3 is 2.34 bits per heavy atom. The van der Waals surface area contributed by atoms with Crippen molar-refractivity contribution in [1.82, 2.24) is 15.4 Å². The van der Waals surface area contributed by atoms with Crippen molar-refractivity contribution in [2.75, 3.05) is 41.4 Å². The van der Waals surface area contributed by atoms with E-state index in [-0.39, 0.29) is 22.9 Å². The first-order valence-electron chi connectivity index (χ1n) is 10.4. The minimum absolute atomic E-state index is 0.000713. The number of carbonyl (C=O) groups excluding carboxylic acids is 1. The molecule has 0 spiro atoms. The number of nitro benzene ring substituents is 1. The highest BCUT2D eigenvalue weighted by Crippen LogP contribution is 2.32. The molecule has 0 aliphatic carbocycles. The SMILES string of the molecule is O=C(NNc1ncnc(N2CCN(c3cccc(Cl)c3)CC2)c1[N+](=O)[O-])c1cccc([N+](=O)[O-])c1. The molecule has 14 heteroatoms. The number of amides is 1. The molecule has 13 nitrogen and oxygen atoms in total. The number of nitrogens with zero attached hydrogens (tertiary/aromatic N) is 6. The van der Waals surface area contributed by atoms with Crippen LogP contribution in [-0.4, -0.2) is 51.9 Å². The van der Waals surface area contributed by atoms with Crippen molar-refractivity contribution < 1.29 is 14.6 Å². The molecule has 1 saturated heterocycles. The van der Waals surface area contributed by atoms with Gasteiger partial charge in [0.15, 0.2) is 0 Å². The Bertz CT molecular complexity index is 1280. The molecule has 0 atom stereocenters. The van der Waals surface area contributed by atoms with E-state index in [1.165, 1.54) is 18.2 Å². The fourth-order valence-corrected chi connectivity index (χ4v) is 3.84. The van der Waals surface area contributed by atoms with Gasteiger partial charge in [-0.2, -0.15) is 0 Å². The van der Waals surface area contributed by atoms with E-state index in [0.29, 0.717) is 31.2 Å². The molecule has 3 aromatic rings. The fourth-order valence-electron chi connectivity index (χ4n) is 3.66. The van der Waals surface area contributed by atoms with Crippen LogP contribution in [0.5, 0.6) is 0 Å². The number of non-ortho nitro benzene ring substituents is 1. The summed E-state index contributed by atoms with van der Waals surface area (Å²) in [7, 11) is 0. The molecule has 0 bridgehead atoms. The van der Waals surface area contributed by atoms with Crippen molar-refractivity contribution in [3.05, 3.63) is 85.7 Å². The first-order chi connectivity index (χ1) is 16.8. The number of hydrogen-bond acceptors (Lipinski definition) is 10. The Morgan fingerprint density at radius 1 is 0.943 bits per heavy atom. The van der Waals surface area contributed by atoms with Gasteiger partial charge in [-0.05, 0) is 24.3 Å². The van der Waals surface area contributed by atoms with Crippen LogP contribution in [0.4, 0.5) is 28.7 Å². The predicted molar refractivity (Wildman–Crippen MR) is 129 cm³/mol. The lowest BCUT2D eigenvalue weighted by Crippen LogP contribution is -2.47. The van der Waals surface area contributed by atoms with E-state index in [4.69, 9.17) is 11.6 Å². The number of piperazine rings is 1. The van der Waals surface area contributed by atoms with Gasteiger partial charge in [-0.3, -0.25) is 35.9 Å². The quantitative estimate of drug-likeness (QED) is 0.366. The van der Waals surface area contributed by atoms with Gasteiger partial charge in [-0.25, -0.2) is 9.97 Å². The van der Waals surface area contributed by atoms with Gasteiger partial charge in [0.25, 0.3) is 11.6 Å². The Balaban J connectivity index is 1.48. The predicted octanol–water partition coefficient (Wildman–Crippen LogP) is 3.03.